The van der Waals surface area contributed by atoms with Crippen LogP contribution < -0.4 is 15.9 Å². The summed E-state index contributed by atoms with van der Waals surface area (Å²) in [6.45, 7) is 3.22. The molecule has 1 aromatic heterocycles. The number of halogens is 4. The summed E-state index contributed by atoms with van der Waals surface area (Å²) in [6, 6.07) is 5.71. The Morgan fingerprint density at radius 2 is 1.88 bits per heavy atom. The average molecular weight is 515 g/mol. The molecule has 3 aromatic rings. The number of nitrogens with one attached hydrogen (secondary N) is 1. The summed E-state index contributed by atoms with van der Waals surface area (Å²) in [5.41, 5.74) is 0.273. The number of hydrogen-bond acceptors (Lipinski definition) is 5. The minimum Gasteiger partial charge on any atom is -0.379 e. The normalized spacial score (nSPS) is 21.9. The lowest BCUT2D eigenvalue weighted by molar-refractivity contribution is 0.107. The van der Waals surface area contributed by atoms with Crippen LogP contribution in [0.15, 0.2) is 38.9 Å². The van der Waals surface area contributed by atoms with Crippen LogP contribution in [0, 0.1) is 11.6 Å². The van der Waals surface area contributed by atoms with Crippen molar-refractivity contribution < 1.29 is 13.5 Å². The minimum absolute atomic E-state index is 0.154. The van der Waals surface area contributed by atoms with Crippen molar-refractivity contribution in [1.29, 1.82) is 0 Å². The molecule has 11 heteroatoms. The van der Waals surface area contributed by atoms with E-state index in [1.54, 1.807) is 23.8 Å². The molecule has 1 N–H and O–H groups in total. The molecule has 3 heterocycles. The molecule has 2 aliphatic heterocycles. The smallest absolute Gasteiger partial charge is 0.350 e. The molecule has 176 valence electrons. The first kappa shape index (κ1) is 22.9. The van der Waals surface area contributed by atoms with Crippen molar-refractivity contribution in [3.05, 3.63) is 56.4 Å². The van der Waals surface area contributed by atoms with Gasteiger partial charge in [0.15, 0.2) is 0 Å². The van der Waals surface area contributed by atoms with Gasteiger partial charge in [0.2, 0.25) is 0 Å². The van der Waals surface area contributed by atoms with Crippen LogP contribution in [0.4, 0.5) is 14.6 Å². The molecular formula is C22H22Cl2F2N4O2S. The SMILES string of the molecule is CO[C@@H]1Cn2c(=O)nc(N3CCNCC3)c3cc(Cl)cc(c32)[SH](c2cc(Cl)c(F)cc2F)C1. The molecule has 1 unspecified atom stereocenters. The van der Waals surface area contributed by atoms with Crippen LogP contribution in [-0.2, 0) is 11.3 Å². The number of methoxy groups -OCH3 is 1. The number of nitrogens with zero attached hydrogens (tertiary/aromatic N) is 3. The van der Waals surface area contributed by atoms with Crippen LogP contribution in [0.2, 0.25) is 10.0 Å². The number of anilines is 1. The van der Waals surface area contributed by atoms with Crippen molar-refractivity contribution in [3.63, 3.8) is 0 Å². The Balaban J connectivity index is 1.82. The van der Waals surface area contributed by atoms with Gasteiger partial charge in [-0.3, -0.25) is 4.57 Å². The first-order valence-corrected chi connectivity index (χ1v) is 12.8. The maximum absolute atomic E-state index is 15.0. The molecule has 0 radical (unpaired) electrons. The van der Waals surface area contributed by atoms with Crippen LogP contribution >= 0.6 is 34.1 Å². The zero-order valence-electron chi connectivity index (χ0n) is 17.7. The van der Waals surface area contributed by atoms with Gasteiger partial charge < -0.3 is 15.0 Å². The second kappa shape index (κ2) is 9.03. The van der Waals surface area contributed by atoms with E-state index in [4.69, 9.17) is 27.9 Å². The van der Waals surface area contributed by atoms with Gasteiger partial charge in [0.05, 0.1) is 23.2 Å². The van der Waals surface area contributed by atoms with Gasteiger partial charge in [-0.2, -0.15) is 15.9 Å². The van der Waals surface area contributed by atoms with Crippen LogP contribution in [0.3, 0.4) is 0 Å². The van der Waals surface area contributed by atoms with Crippen LogP contribution in [0.5, 0.6) is 0 Å². The topological polar surface area (TPSA) is 59.4 Å². The molecule has 0 amide bonds. The maximum atomic E-state index is 15.0. The second-order valence-corrected chi connectivity index (χ2v) is 11.1. The van der Waals surface area contributed by atoms with Gasteiger partial charge in [-0.05, 0) is 18.2 Å². The zero-order chi connectivity index (χ0) is 23.3. The van der Waals surface area contributed by atoms with Crippen molar-refractivity contribution in [2.24, 2.45) is 0 Å². The molecule has 5 rings (SSSR count). The van der Waals surface area contributed by atoms with E-state index in [1.165, 1.54) is 6.07 Å². The summed E-state index contributed by atoms with van der Waals surface area (Å²) in [4.78, 5) is 20.7. The number of benzene rings is 2. The van der Waals surface area contributed by atoms with E-state index in [0.29, 0.717) is 40.1 Å². The van der Waals surface area contributed by atoms with Crippen molar-refractivity contribution in [1.82, 2.24) is 14.9 Å². The minimum atomic E-state index is -1.41. The van der Waals surface area contributed by atoms with Gasteiger partial charge >= 0.3 is 5.69 Å². The highest BCUT2D eigenvalue weighted by Gasteiger charge is 2.30. The molecule has 2 atom stereocenters. The Kier molecular flexibility index (Phi) is 6.26. The summed E-state index contributed by atoms with van der Waals surface area (Å²) < 4.78 is 36.2. The monoisotopic (exact) mass is 514 g/mol. The molecule has 1 fully saturated rings. The molecule has 0 bridgehead atoms. The number of rotatable bonds is 3. The Hall–Kier alpha value is -1.91. The average Bonchev–Trinajstić information content (AvgIpc) is 2.97. The van der Waals surface area contributed by atoms with E-state index in [2.05, 4.69) is 15.2 Å². The first-order chi connectivity index (χ1) is 15.9. The predicted molar refractivity (Wildman–Crippen MR) is 129 cm³/mol. The van der Waals surface area contributed by atoms with E-state index in [-0.39, 0.29) is 17.7 Å². The summed E-state index contributed by atoms with van der Waals surface area (Å²) in [5, 5.41) is 4.33. The van der Waals surface area contributed by atoms with E-state index < -0.39 is 28.2 Å². The third-order valence-electron chi connectivity index (χ3n) is 6.09. The lowest BCUT2D eigenvalue weighted by Crippen LogP contribution is -2.45. The highest BCUT2D eigenvalue weighted by atomic mass is 35.5. The van der Waals surface area contributed by atoms with Crippen molar-refractivity contribution in [2.75, 3.05) is 43.9 Å². The largest absolute Gasteiger partial charge is 0.379 e. The number of ether oxygens (including phenoxy) is 1. The van der Waals surface area contributed by atoms with Gasteiger partial charge in [0.1, 0.15) is 17.5 Å². The lowest BCUT2D eigenvalue weighted by Gasteiger charge is -2.30. The number of piperazine rings is 1. The highest BCUT2D eigenvalue weighted by molar-refractivity contribution is 8.17. The first-order valence-electron chi connectivity index (χ1n) is 10.5. The van der Waals surface area contributed by atoms with Gasteiger partial charge in [0.25, 0.3) is 0 Å². The fourth-order valence-electron chi connectivity index (χ4n) is 4.50. The molecule has 0 saturated carbocycles. The van der Waals surface area contributed by atoms with Gasteiger partial charge in [0, 0.05) is 65.3 Å². The third kappa shape index (κ3) is 4.10. The fourth-order valence-corrected chi connectivity index (χ4v) is 7.76. The number of thiol groups is 1. The summed E-state index contributed by atoms with van der Waals surface area (Å²) in [5.74, 6) is -0.508. The zero-order valence-corrected chi connectivity index (χ0v) is 20.2. The van der Waals surface area contributed by atoms with Crippen molar-refractivity contribution >= 4 is 50.8 Å². The molecule has 0 aliphatic carbocycles. The molecule has 1 saturated heterocycles. The van der Waals surface area contributed by atoms with Gasteiger partial charge in [-0.25, -0.2) is 13.6 Å². The number of hydrogen-bond donors (Lipinski definition) is 2. The Morgan fingerprint density at radius 3 is 2.61 bits per heavy atom. The van der Waals surface area contributed by atoms with E-state index in [0.717, 1.165) is 29.4 Å². The molecular weight excluding hydrogens is 493 g/mol. The fraction of sp³-hybridized carbons (Fsp3) is 0.364. The molecule has 0 spiro atoms. The molecule has 33 heavy (non-hydrogen) atoms. The molecule has 6 nitrogen and oxygen atoms in total. The Labute approximate surface area is 201 Å². The maximum Gasteiger partial charge on any atom is 0.350 e. The Bertz CT molecular complexity index is 1300. The van der Waals surface area contributed by atoms with E-state index >= 15 is 4.39 Å². The second-order valence-electron chi connectivity index (χ2n) is 8.07. The molecule has 2 aromatic carbocycles. The van der Waals surface area contributed by atoms with Gasteiger partial charge in [-0.1, -0.05) is 23.2 Å². The highest BCUT2D eigenvalue weighted by Crippen LogP contribution is 2.52. The van der Waals surface area contributed by atoms with E-state index in [1.807, 2.05) is 0 Å². The third-order valence-corrected chi connectivity index (χ3v) is 9.22. The summed E-state index contributed by atoms with van der Waals surface area (Å²) in [7, 11) is 0.150. The van der Waals surface area contributed by atoms with Crippen LogP contribution in [-0.4, -0.2) is 54.7 Å². The van der Waals surface area contributed by atoms with Gasteiger partial charge in [-0.15, -0.1) is 0 Å². The van der Waals surface area contributed by atoms with Crippen molar-refractivity contribution in [2.45, 2.75) is 22.4 Å². The van der Waals surface area contributed by atoms with Crippen LogP contribution in [0.25, 0.3) is 10.9 Å². The predicted octanol–water partition coefficient (Wildman–Crippen LogP) is 3.84. The van der Waals surface area contributed by atoms with Crippen molar-refractivity contribution in [3.8, 4) is 0 Å². The standard InChI is InChI=1S/C22H22Cl2F2N4O2S/c1-32-13-10-30-20-14(21(28-22(30)31)29-4-2-27-3-5-29)6-12(23)7-19(20)33(11-13)18-8-15(24)16(25)9-17(18)26/h6-9,13,27,33H,2-5,10-11H2,1H3/t13-/m1/s1. The Morgan fingerprint density at radius 1 is 1.12 bits per heavy atom. The van der Waals surface area contributed by atoms with Crippen LogP contribution in [0.1, 0.15) is 0 Å². The number of aromatic nitrogens is 2. The lowest BCUT2D eigenvalue weighted by atomic mass is 10.2. The molecule has 2 aliphatic rings. The van der Waals surface area contributed by atoms with E-state index in [9.17, 15) is 9.18 Å². The summed E-state index contributed by atoms with van der Waals surface area (Å²) >= 11 is 12.6. The quantitative estimate of drug-likeness (QED) is 0.410. The summed E-state index contributed by atoms with van der Waals surface area (Å²) in [6.07, 6.45) is -0.377.